The van der Waals surface area contributed by atoms with Crippen LogP contribution in [0.4, 0.5) is 15.8 Å². The molecule has 0 saturated carbocycles. The molecule has 1 aliphatic heterocycles. The van der Waals surface area contributed by atoms with Gasteiger partial charge in [0.1, 0.15) is 5.82 Å². The standard InChI is InChI=1S/C19H22FN3O2/c20-17-4-8-18(9-5-17)22-12-1-11-21(14-15-22)13-10-16-2-6-19(7-3-16)23(24)25/h2-9H,1,10-15H2. The van der Waals surface area contributed by atoms with Crippen LogP contribution in [-0.2, 0) is 6.42 Å². The average Bonchev–Trinajstić information content (AvgIpc) is 2.87. The third-order valence-corrected chi connectivity index (χ3v) is 4.64. The fourth-order valence-electron chi connectivity index (χ4n) is 3.18. The molecular formula is C19H22FN3O2. The van der Waals surface area contributed by atoms with Crippen molar-refractivity contribution in [3.05, 3.63) is 70.0 Å². The first-order valence-electron chi connectivity index (χ1n) is 8.58. The first-order valence-corrected chi connectivity index (χ1v) is 8.58. The lowest BCUT2D eigenvalue weighted by atomic mass is 10.1. The van der Waals surface area contributed by atoms with E-state index < -0.39 is 0 Å². The normalized spacial score (nSPS) is 15.8. The number of anilines is 1. The van der Waals surface area contributed by atoms with Crippen molar-refractivity contribution in [3.63, 3.8) is 0 Å². The maximum atomic E-state index is 13.1. The largest absolute Gasteiger partial charge is 0.370 e. The SMILES string of the molecule is O=[N+]([O-])c1ccc(CCN2CCCN(c3ccc(F)cc3)CC2)cc1. The van der Waals surface area contributed by atoms with Crippen LogP contribution in [0.5, 0.6) is 0 Å². The lowest BCUT2D eigenvalue weighted by Gasteiger charge is -2.23. The van der Waals surface area contributed by atoms with Gasteiger partial charge in [0.2, 0.25) is 0 Å². The van der Waals surface area contributed by atoms with Crippen molar-refractivity contribution in [2.45, 2.75) is 12.8 Å². The molecule has 1 aliphatic rings. The molecule has 0 atom stereocenters. The molecule has 2 aromatic carbocycles. The molecule has 5 nitrogen and oxygen atoms in total. The molecule has 3 rings (SSSR count). The van der Waals surface area contributed by atoms with E-state index in [2.05, 4.69) is 9.80 Å². The molecule has 0 spiro atoms. The molecule has 132 valence electrons. The molecule has 6 heteroatoms. The third-order valence-electron chi connectivity index (χ3n) is 4.64. The monoisotopic (exact) mass is 343 g/mol. The molecule has 0 aliphatic carbocycles. The van der Waals surface area contributed by atoms with Gasteiger partial charge in [-0.3, -0.25) is 10.1 Å². The van der Waals surface area contributed by atoms with Crippen LogP contribution < -0.4 is 4.90 Å². The summed E-state index contributed by atoms with van der Waals surface area (Å²) in [7, 11) is 0. The highest BCUT2D eigenvalue weighted by atomic mass is 19.1. The highest BCUT2D eigenvalue weighted by Gasteiger charge is 2.15. The number of hydrogen-bond acceptors (Lipinski definition) is 4. The van der Waals surface area contributed by atoms with Crippen LogP contribution >= 0.6 is 0 Å². The Morgan fingerprint density at radius 3 is 2.36 bits per heavy atom. The van der Waals surface area contributed by atoms with Gasteiger partial charge in [0.25, 0.3) is 5.69 Å². The van der Waals surface area contributed by atoms with E-state index in [1.165, 1.54) is 12.1 Å². The van der Waals surface area contributed by atoms with Gasteiger partial charge < -0.3 is 9.80 Å². The van der Waals surface area contributed by atoms with Crippen molar-refractivity contribution in [1.29, 1.82) is 0 Å². The van der Waals surface area contributed by atoms with Gasteiger partial charge in [-0.15, -0.1) is 0 Å². The summed E-state index contributed by atoms with van der Waals surface area (Å²) in [4.78, 5) is 15.0. The smallest absolute Gasteiger partial charge is 0.269 e. The van der Waals surface area contributed by atoms with Gasteiger partial charge in [-0.1, -0.05) is 12.1 Å². The molecule has 0 aromatic heterocycles. The highest BCUT2D eigenvalue weighted by Crippen LogP contribution is 2.17. The number of nitro groups is 1. The summed E-state index contributed by atoms with van der Waals surface area (Å²) >= 11 is 0. The van der Waals surface area contributed by atoms with Crippen molar-refractivity contribution in [2.75, 3.05) is 37.6 Å². The van der Waals surface area contributed by atoms with Crippen molar-refractivity contribution in [2.24, 2.45) is 0 Å². The van der Waals surface area contributed by atoms with Crippen LogP contribution in [-0.4, -0.2) is 42.5 Å². The Hall–Kier alpha value is -2.47. The van der Waals surface area contributed by atoms with Crippen molar-refractivity contribution in [3.8, 4) is 0 Å². The number of nitrogens with zero attached hydrogens (tertiary/aromatic N) is 3. The summed E-state index contributed by atoms with van der Waals surface area (Å²) in [6.45, 7) is 4.83. The number of non-ortho nitro benzene ring substituents is 1. The predicted octanol–water partition coefficient (Wildman–Crippen LogP) is 3.49. The second-order valence-electron chi connectivity index (χ2n) is 6.33. The number of nitro benzene ring substituents is 1. The lowest BCUT2D eigenvalue weighted by Crippen LogP contribution is -2.32. The Bertz CT molecular complexity index is 704. The molecule has 0 amide bonds. The minimum Gasteiger partial charge on any atom is -0.370 e. The van der Waals surface area contributed by atoms with E-state index in [9.17, 15) is 14.5 Å². The maximum absolute atomic E-state index is 13.1. The quantitative estimate of drug-likeness (QED) is 0.616. The Kier molecular flexibility index (Phi) is 5.60. The number of hydrogen-bond donors (Lipinski definition) is 0. The van der Waals surface area contributed by atoms with Crippen LogP contribution in [0, 0.1) is 15.9 Å². The van der Waals surface area contributed by atoms with Crippen molar-refractivity contribution >= 4 is 11.4 Å². The van der Waals surface area contributed by atoms with Gasteiger partial charge >= 0.3 is 0 Å². The molecule has 0 N–H and O–H groups in total. The second kappa shape index (κ2) is 8.07. The van der Waals surface area contributed by atoms with Gasteiger partial charge in [-0.25, -0.2) is 4.39 Å². The van der Waals surface area contributed by atoms with Crippen LogP contribution in [0.2, 0.25) is 0 Å². The van der Waals surface area contributed by atoms with E-state index in [0.717, 1.165) is 56.8 Å². The maximum Gasteiger partial charge on any atom is 0.269 e. The average molecular weight is 343 g/mol. The fourth-order valence-corrected chi connectivity index (χ4v) is 3.18. The number of rotatable bonds is 5. The van der Waals surface area contributed by atoms with Crippen LogP contribution in [0.15, 0.2) is 48.5 Å². The zero-order chi connectivity index (χ0) is 17.6. The Morgan fingerprint density at radius 2 is 1.68 bits per heavy atom. The minimum absolute atomic E-state index is 0.133. The first-order chi connectivity index (χ1) is 12.1. The summed E-state index contributed by atoms with van der Waals surface area (Å²) in [5.74, 6) is -0.205. The van der Waals surface area contributed by atoms with E-state index in [1.54, 1.807) is 12.1 Å². The zero-order valence-corrected chi connectivity index (χ0v) is 14.1. The summed E-state index contributed by atoms with van der Waals surface area (Å²) in [5, 5.41) is 10.7. The van der Waals surface area contributed by atoms with E-state index >= 15 is 0 Å². The summed E-state index contributed by atoms with van der Waals surface area (Å²) in [5.41, 5.74) is 2.32. The van der Waals surface area contributed by atoms with E-state index in [4.69, 9.17) is 0 Å². The first kappa shape index (κ1) is 17.4. The minimum atomic E-state index is -0.372. The van der Waals surface area contributed by atoms with Crippen LogP contribution in [0.25, 0.3) is 0 Å². The van der Waals surface area contributed by atoms with Crippen molar-refractivity contribution in [1.82, 2.24) is 4.90 Å². The molecule has 25 heavy (non-hydrogen) atoms. The molecule has 0 unspecified atom stereocenters. The molecule has 1 fully saturated rings. The van der Waals surface area contributed by atoms with Crippen LogP contribution in [0.1, 0.15) is 12.0 Å². The van der Waals surface area contributed by atoms with Gasteiger partial charge in [0, 0.05) is 44.0 Å². The van der Waals surface area contributed by atoms with Gasteiger partial charge in [0.05, 0.1) is 4.92 Å². The molecule has 0 bridgehead atoms. The van der Waals surface area contributed by atoms with E-state index in [-0.39, 0.29) is 16.4 Å². The number of benzene rings is 2. The predicted molar refractivity (Wildman–Crippen MR) is 96.5 cm³/mol. The molecule has 0 radical (unpaired) electrons. The van der Waals surface area contributed by atoms with E-state index in [0.29, 0.717) is 0 Å². The number of halogens is 1. The summed E-state index contributed by atoms with van der Waals surface area (Å²) in [6.07, 6.45) is 1.95. The van der Waals surface area contributed by atoms with E-state index in [1.807, 2.05) is 24.3 Å². The van der Waals surface area contributed by atoms with Gasteiger partial charge in [0.15, 0.2) is 0 Å². The van der Waals surface area contributed by atoms with Gasteiger partial charge in [-0.2, -0.15) is 0 Å². The Morgan fingerprint density at radius 1 is 0.960 bits per heavy atom. The Balaban J connectivity index is 1.51. The highest BCUT2D eigenvalue weighted by molar-refractivity contribution is 5.46. The fraction of sp³-hybridized carbons (Fsp3) is 0.368. The molecule has 1 saturated heterocycles. The van der Waals surface area contributed by atoms with Crippen LogP contribution in [0.3, 0.4) is 0 Å². The van der Waals surface area contributed by atoms with Crippen molar-refractivity contribution < 1.29 is 9.31 Å². The second-order valence-corrected chi connectivity index (χ2v) is 6.33. The topological polar surface area (TPSA) is 49.6 Å². The lowest BCUT2D eigenvalue weighted by molar-refractivity contribution is -0.384. The summed E-state index contributed by atoms with van der Waals surface area (Å²) < 4.78 is 13.1. The Labute approximate surface area is 146 Å². The van der Waals surface area contributed by atoms with Gasteiger partial charge in [-0.05, 0) is 49.2 Å². The third kappa shape index (κ3) is 4.76. The molecule has 1 heterocycles. The zero-order valence-electron chi connectivity index (χ0n) is 14.1. The summed E-state index contributed by atoms with van der Waals surface area (Å²) in [6, 6.07) is 13.5. The molecular weight excluding hydrogens is 321 g/mol. The molecule has 2 aromatic rings.